The van der Waals surface area contributed by atoms with Gasteiger partial charge in [0.25, 0.3) is 0 Å². The maximum Gasteiger partial charge on any atom is 0.0741 e. The third kappa shape index (κ3) is 7.77. The van der Waals surface area contributed by atoms with E-state index in [4.69, 9.17) is 0 Å². The van der Waals surface area contributed by atoms with E-state index in [9.17, 15) is 0 Å². The van der Waals surface area contributed by atoms with Gasteiger partial charge in [0.2, 0.25) is 0 Å². The second kappa shape index (κ2) is 12.1. The highest BCUT2D eigenvalue weighted by atomic mass is 32.1. The predicted molar refractivity (Wildman–Crippen MR) is 112 cm³/mol. The molecule has 116 valence electrons. The Morgan fingerprint density at radius 2 is 0.583 bits per heavy atom. The molecule has 0 bridgehead atoms. The first kappa shape index (κ1) is 19.7. The maximum atomic E-state index is 4.45. The third-order valence-corrected chi connectivity index (χ3v) is 2.76. The molecule has 0 fully saturated rings. The summed E-state index contributed by atoms with van der Waals surface area (Å²) < 4.78 is 0. The SMILES string of the molecule is S=C=Nc1ccc(N=C=S)cc1.S=C=Nc1ccc(N=C=S)cc1. The lowest BCUT2D eigenvalue weighted by Crippen LogP contribution is -1.63. The van der Waals surface area contributed by atoms with Crippen molar-refractivity contribution in [3.05, 3.63) is 48.5 Å². The van der Waals surface area contributed by atoms with E-state index in [1.165, 1.54) is 0 Å². The zero-order valence-corrected chi connectivity index (χ0v) is 15.3. The van der Waals surface area contributed by atoms with Gasteiger partial charge in [0, 0.05) is 0 Å². The van der Waals surface area contributed by atoms with Crippen molar-refractivity contribution in [3.63, 3.8) is 0 Å². The molecule has 24 heavy (non-hydrogen) atoms. The highest BCUT2D eigenvalue weighted by Gasteiger charge is 1.89. The van der Waals surface area contributed by atoms with Gasteiger partial charge in [-0.15, -0.1) is 0 Å². The predicted octanol–water partition coefficient (Wildman–Crippen LogP) is 6.31. The zero-order valence-electron chi connectivity index (χ0n) is 12.0. The van der Waals surface area contributed by atoms with Gasteiger partial charge >= 0.3 is 0 Å². The summed E-state index contributed by atoms with van der Waals surface area (Å²) in [5, 5.41) is 9.11. The number of benzene rings is 2. The van der Waals surface area contributed by atoms with Gasteiger partial charge < -0.3 is 0 Å². The van der Waals surface area contributed by atoms with Crippen molar-refractivity contribution in [2.75, 3.05) is 0 Å². The summed E-state index contributed by atoms with van der Waals surface area (Å²) in [5.74, 6) is 0. The molecule has 0 N–H and O–H groups in total. The number of isothiocyanates is 4. The van der Waals surface area contributed by atoms with E-state index in [1.54, 1.807) is 48.5 Å². The summed E-state index contributed by atoms with van der Waals surface area (Å²) in [7, 11) is 0. The summed E-state index contributed by atoms with van der Waals surface area (Å²) in [4.78, 5) is 15.1. The molecule has 2 aromatic rings. The Labute approximate surface area is 160 Å². The fraction of sp³-hybridized carbons (Fsp3) is 0. The van der Waals surface area contributed by atoms with Crippen LogP contribution in [0.5, 0.6) is 0 Å². The molecule has 0 spiro atoms. The molecule has 0 aliphatic heterocycles. The van der Waals surface area contributed by atoms with Crippen molar-refractivity contribution in [2.24, 2.45) is 20.0 Å². The molecule has 0 aromatic heterocycles. The van der Waals surface area contributed by atoms with Gasteiger partial charge in [-0.2, -0.15) is 20.0 Å². The molecule has 0 saturated heterocycles. The fourth-order valence-electron chi connectivity index (χ4n) is 1.41. The van der Waals surface area contributed by atoms with Crippen LogP contribution in [-0.4, -0.2) is 20.6 Å². The van der Waals surface area contributed by atoms with Gasteiger partial charge in [-0.05, 0) is 97.4 Å². The number of nitrogens with zero attached hydrogens (tertiary/aromatic N) is 4. The first-order valence-electron chi connectivity index (χ1n) is 6.25. The standard InChI is InChI=1S/2C8H4N2S2/c2*11-5-9-7-1-2-8(4-3-7)10-6-12/h2*1-4H. The van der Waals surface area contributed by atoms with Gasteiger partial charge in [-0.3, -0.25) is 0 Å². The van der Waals surface area contributed by atoms with Crippen LogP contribution in [0.15, 0.2) is 68.5 Å². The van der Waals surface area contributed by atoms with Gasteiger partial charge in [-0.1, -0.05) is 0 Å². The minimum atomic E-state index is 0.758. The smallest absolute Gasteiger partial charge is 0.0741 e. The van der Waals surface area contributed by atoms with E-state index in [2.05, 4.69) is 89.5 Å². The number of rotatable bonds is 4. The Hall–Kier alpha value is -2.36. The van der Waals surface area contributed by atoms with Gasteiger partial charge in [0.1, 0.15) is 0 Å². The minimum absolute atomic E-state index is 0.758. The van der Waals surface area contributed by atoms with Crippen LogP contribution in [0.4, 0.5) is 22.7 Å². The Kier molecular flexibility index (Phi) is 9.93. The van der Waals surface area contributed by atoms with E-state index in [-0.39, 0.29) is 0 Å². The summed E-state index contributed by atoms with van der Waals surface area (Å²) >= 11 is 17.8. The molecule has 4 nitrogen and oxygen atoms in total. The second-order valence-corrected chi connectivity index (χ2v) is 4.58. The van der Waals surface area contributed by atoms with E-state index in [0.29, 0.717) is 0 Å². The largest absolute Gasteiger partial charge is 0.195 e. The van der Waals surface area contributed by atoms with Crippen molar-refractivity contribution >= 4 is 92.3 Å². The van der Waals surface area contributed by atoms with Gasteiger partial charge in [0.05, 0.1) is 43.4 Å². The maximum absolute atomic E-state index is 4.45. The molecular formula is C16H8N4S4. The lowest BCUT2D eigenvalue weighted by molar-refractivity contribution is 1.50. The van der Waals surface area contributed by atoms with Crippen molar-refractivity contribution in [2.45, 2.75) is 0 Å². The highest BCUT2D eigenvalue weighted by molar-refractivity contribution is 7.78. The number of hydrogen-bond acceptors (Lipinski definition) is 8. The van der Waals surface area contributed by atoms with Crippen LogP contribution in [0, 0.1) is 0 Å². The van der Waals surface area contributed by atoms with Crippen LogP contribution >= 0.6 is 48.9 Å². The Balaban J connectivity index is 0.000000240. The molecule has 0 aliphatic carbocycles. The van der Waals surface area contributed by atoms with E-state index in [0.717, 1.165) is 22.7 Å². The average Bonchev–Trinajstić information content (AvgIpc) is 2.60. The lowest BCUT2D eigenvalue weighted by atomic mass is 10.3. The zero-order chi connectivity index (χ0) is 17.6. The van der Waals surface area contributed by atoms with Crippen molar-refractivity contribution in [1.29, 1.82) is 0 Å². The summed E-state index contributed by atoms with van der Waals surface area (Å²) in [6.07, 6.45) is 0. The monoisotopic (exact) mass is 384 g/mol. The van der Waals surface area contributed by atoms with E-state index >= 15 is 0 Å². The second-order valence-electron chi connectivity index (χ2n) is 3.85. The Bertz CT molecular complexity index is 716. The normalized spacial score (nSPS) is 8.00. The third-order valence-electron chi connectivity index (χ3n) is 2.40. The molecule has 2 aromatic carbocycles. The molecule has 8 heteroatoms. The van der Waals surface area contributed by atoms with Crippen LogP contribution < -0.4 is 0 Å². The Morgan fingerprint density at radius 3 is 0.708 bits per heavy atom. The van der Waals surface area contributed by atoms with Crippen molar-refractivity contribution in [1.82, 2.24) is 0 Å². The molecule has 0 amide bonds. The first-order valence-corrected chi connectivity index (χ1v) is 7.88. The average molecular weight is 385 g/mol. The van der Waals surface area contributed by atoms with Crippen molar-refractivity contribution in [3.8, 4) is 0 Å². The molecular weight excluding hydrogens is 376 g/mol. The van der Waals surface area contributed by atoms with Crippen LogP contribution in [0.1, 0.15) is 0 Å². The molecule has 2 rings (SSSR count). The lowest BCUT2D eigenvalue weighted by Gasteiger charge is -1.90. The molecule has 0 atom stereocenters. The van der Waals surface area contributed by atoms with Gasteiger partial charge in [0.15, 0.2) is 0 Å². The Morgan fingerprint density at radius 1 is 0.417 bits per heavy atom. The molecule has 0 heterocycles. The van der Waals surface area contributed by atoms with E-state index in [1.807, 2.05) is 0 Å². The topological polar surface area (TPSA) is 49.4 Å². The highest BCUT2D eigenvalue weighted by Crippen LogP contribution is 2.18. The van der Waals surface area contributed by atoms with Crippen molar-refractivity contribution < 1.29 is 0 Å². The fourth-order valence-corrected chi connectivity index (χ4v) is 1.84. The van der Waals surface area contributed by atoms with Gasteiger partial charge in [-0.25, -0.2) is 0 Å². The summed E-state index contributed by atoms with van der Waals surface area (Å²) in [6.45, 7) is 0. The number of hydrogen-bond donors (Lipinski definition) is 0. The van der Waals surface area contributed by atoms with Crippen LogP contribution in [0.3, 0.4) is 0 Å². The quantitative estimate of drug-likeness (QED) is 0.458. The van der Waals surface area contributed by atoms with Crippen LogP contribution in [-0.2, 0) is 0 Å². The number of thiocarbonyl (C=S) groups is 4. The molecule has 0 saturated carbocycles. The van der Waals surface area contributed by atoms with Crippen LogP contribution in [0.2, 0.25) is 0 Å². The summed E-state index contributed by atoms with van der Waals surface area (Å²) in [5.41, 5.74) is 3.03. The minimum Gasteiger partial charge on any atom is -0.195 e. The van der Waals surface area contributed by atoms with E-state index < -0.39 is 0 Å². The molecule has 0 unspecified atom stereocenters. The summed E-state index contributed by atoms with van der Waals surface area (Å²) in [6, 6.07) is 14.3. The number of aliphatic imine (C=N–C) groups is 4. The first-order chi connectivity index (χ1) is 11.7. The molecule has 0 aliphatic rings. The van der Waals surface area contributed by atoms with Crippen LogP contribution in [0.25, 0.3) is 0 Å². The molecule has 0 radical (unpaired) electrons.